The third-order valence-corrected chi connectivity index (χ3v) is 5.50. The maximum atomic E-state index is 10.6. The predicted octanol–water partition coefficient (Wildman–Crippen LogP) is 3.13. The summed E-state index contributed by atoms with van der Waals surface area (Å²) in [6.45, 7) is 4.59. The number of thioether (sulfide) groups is 1. The van der Waals surface area contributed by atoms with Gasteiger partial charge in [-0.05, 0) is 25.7 Å². The Bertz CT molecular complexity index is 475. The number of nitrogens with zero attached hydrogens (tertiary/aromatic N) is 3. The van der Waals surface area contributed by atoms with Gasteiger partial charge in [-0.1, -0.05) is 37.1 Å². The van der Waals surface area contributed by atoms with Gasteiger partial charge in [-0.3, -0.25) is 0 Å². The zero-order valence-electron chi connectivity index (χ0n) is 11.9. The summed E-state index contributed by atoms with van der Waals surface area (Å²) >= 11 is 1.65. The molecule has 3 rings (SSSR count). The molecule has 0 aliphatic heterocycles. The van der Waals surface area contributed by atoms with Crippen LogP contribution in [0.15, 0.2) is 17.8 Å². The molecule has 0 spiro atoms. The summed E-state index contributed by atoms with van der Waals surface area (Å²) in [5, 5.41) is 20.2. The molecule has 1 aromatic heterocycles. The van der Waals surface area contributed by atoms with Crippen molar-refractivity contribution >= 4 is 11.8 Å². The van der Waals surface area contributed by atoms with E-state index >= 15 is 0 Å². The highest BCUT2D eigenvalue weighted by molar-refractivity contribution is 7.99. The number of aromatic nitrogens is 3. The molecular weight excluding hydrogens is 270 g/mol. The summed E-state index contributed by atoms with van der Waals surface area (Å²) < 4.78 is 2.17. The van der Waals surface area contributed by atoms with Gasteiger partial charge in [0.15, 0.2) is 5.16 Å². The van der Waals surface area contributed by atoms with E-state index in [9.17, 15) is 5.11 Å². The highest BCUT2D eigenvalue weighted by atomic mass is 32.2. The van der Waals surface area contributed by atoms with Crippen molar-refractivity contribution in [2.24, 2.45) is 0 Å². The van der Waals surface area contributed by atoms with Crippen LogP contribution >= 0.6 is 11.8 Å². The smallest absolute Gasteiger partial charge is 0.191 e. The highest BCUT2D eigenvalue weighted by Crippen LogP contribution is 2.40. The van der Waals surface area contributed by atoms with E-state index in [2.05, 4.69) is 21.3 Å². The Morgan fingerprint density at radius 2 is 2.05 bits per heavy atom. The molecule has 2 saturated carbocycles. The fraction of sp³-hybridized carbons (Fsp3) is 0.733. The van der Waals surface area contributed by atoms with E-state index in [0.29, 0.717) is 5.92 Å². The molecule has 110 valence electrons. The van der Waals surface area contributed by atoms with Crippen LogP contribution in [0.2, 0.25) is 0 Å². The van der Waals surface area contributed by atoms with E-state index in [4.69, 9.17) is 0 Å². The van der Waals surface area contributed by atoms with Crippen molar-refractivity contribution in [3.8, 4) is 0 Å². The fourth-order valence-corrected chi connectivity index (χ4v) is 4.01. The van der Waals surface area contributed by atoms with Crippen LogP contribution < -0.4 is 0 Å². The summed E-state index contributed by atoms with van der Waals surface area (Å²) in [5.41, 5.74) is -0.506. The van der Waals surface area contributed by atoms with E-state index in [1.54, 1.807) is 11.8 Å². The van der Waals surface area contributed by atoms with Gasteiger partial charge >= 0.3 is 0 Å². The van der Waals surface area contributed by atoms with Gasteiger partial charge in [0, 0.05) is 18.2 Å². The van der Waals surface area contributed by atoms with Gasteiger partial charge in [0.1, 0.15) is 5.82 Å². The number of aliphatic hydroxyl groups is 1. The molecule has 0 bridgehead atoms. The van der Waals surface area contributed by atoms with Crippen LogP contribution in [-0.2, 0) is 6.54 Å². The summed E-state index contributed by atoms with van der Waals surface area (Å²) in [4.78, 5) is 0. The molecular formula is C15H23N3OS. The number of allylic oxidation sites excluding steroid dienone is 1. The molecule has 20 heavy (non-hydrogen) atoms. The first-order valence-electron chi connectivity index (χ1n) is 7.61. The van der Waals surface area contributed by atoms with E-state index < -0.39 is 5.60 Å². The van der Waals surface area contributed by atoms with E-state index in [-0.39, 0.29) is 0 Å². The topological polar surface area (TPSA) is 50.9 Å². The van der Waals surface area contributed by atoms with Gasteiger partial charge in [0.2, 0.25) is 0 Å². The summed E-state index contributed by atoms with van der Waals surface area (Å²) in [6.07, 6.45) is 9.73. The molecule has 2 aliphatic carbocycles. The molecule has 0 radical (unpaired) electrons. The van der Waals surface area contributed by atoms with Crippen molar-refractivity contribution in [2.75, 3.05) is 5.75 Å². The minimum Gasteiger partial charge on any atom is -0.389 e. The van der Waals surface area contributed by atoms with Crippen molar-refractivity contribution in [3.63, 3.8) is 0 Å². The highest BCUT2D eigenvalue weighted by Gasteiger charge is 2.32. The number of rotatable bonds is 6. The third-order valence-electron chi connectivity index (χ3n) is 4.25. The zero-order valence-corrected chi connectivity index (χ0v) is 12.7. The first kappa shape index (κ1) is 14.1. The minimum absolute atomic E-state index is 0.506. The second kappa shape index (κ2) is 5.90. The molecule has 0 atom stereocenters. The third kappa shape index (κ3) is 3.09. The first-order valence-corrected chi connectivity index (χ1v) is 8.59. The maximum absolute atomic E-state index is 10.6. The lowest BCUT2D eigenvalue weighted by Crippen LogP contribution is -2.34. The molecule has 4 nitrogen and oxygen atoms in total. The van der Waals surface area contributed by atoms with Crippen molar-refractivity contribution in [1.82, 2.24) is 14.8 Å². The predicted molar refractivity (Wildman–Crippen MR) is 81.0 cm³/mol. The van der Waals surface area contributed by atoms with Crippen LogP contribution in [0.25, 0.3) is 0 Å². The fourth-order valence-electron chi connectivity index (χ4n) is 2.90. The van der Waals surface area contributed by atoms with Crippen LogP contribution in [0.3, 0.4) is 0 Å². The average Bonchev–Trinajstić information content (AvgIpc) is 3.21. The molecule has 2 fully saturated rings. The minimum atomic E-state index is -0.506. The van der Waals surface area contributed by atoms with Crippen LogP contribution in [-0.4, -0.2) is 31.2 Å². The molecule has 0 saturated heterocycles. The van der Waals surface area contributed by atoms with Crippen LogP contribution in [0.1, 0.15) is 56.7 Å². The summed E-state index contributed by atoms with van der Waals surface area (Å²) in [5.74, 6) is 2.42. The van der Waals surface area contributed by atoms with Crippen molar-refractivity contribution in [2.45, 2.75) is 68.2 Å². The Balaban J connectivity index is 1.68. The Labute approximate surface area is 124 Å². The quantitative estimate of drug-likeness (QED) is 0.647. The monoisotopic (exact) mass is 293 g/mol. The van der Waals surface area contributed by atoms with E-state index in [1.807, 2.05) is 6.08 Å². The summed E-state index contributed by atoms with van der Waals surface area (Å²) in [6, 6.07) is 0. The van der Waals surface area contributed by atoms with Crippen molar-refractivity contribution in [1.29, 1.82) is 0 Å². The zero-order chi connectivity index (χ0) is 14.0. The standard InChI is InChI=1S/C15H23N3OS/c1-2-10-18-13(12-6-7-12)16-17-14(18)20-11-15(19)8-4-3-5-9-15/h2,12,19H,1,3-11H2. The van der Waals surface area contributed by atoms with Gasteiger partial charge in [-0.25, -0.2) is 0 Å². The van der Waals surface area contributed by atoms with E-state index in [0.717, 1.165) is 49.0 Å². The van der Waals surface area contributed by atoms with Gasteiger partial charge in [0.25, 0.3) is 0 Å². The summed E-state index contributed by atoms with van der Waals surface area (Å²) in [7, 11) is 0. The molecule has 1 aromatic rings. The Morgan fingerprint density at radius 1 is 1.30 bits per heavy atom. The van der Waals surface area contributed by atoms with Gasteiger partial charge < -0.3 is 9.67 Å². The SMILES string of the molecule is C=CCn1c(SCC2(O)CCCCC2)nnc1C1CC1. The number of hydrogen-bond donors (Lipinski definition) is 1. The second-order valence-corrected chi connectivity index (χ2v) is 7.03. The lowest BCUT2D eigenvalue weighted by atomic mass is 9.86. The van der Waals surface area contributed by atoms with Crippen LogP contribution in [0.4, 0.5) is 0 Å². The van der Waals surface area contributed by atoms with Crippen LogP contribution in [0.5, 0.6) is 0 Å². The molecule has 0 unspecified atom stereocenters. The van der Waals surface area contributed by atoms with Gasteiger partial charge in [-0.15, -0.1) is 16.8 Å². The lowest BCUT2D eigenvalue weighted by Gasteiger charge is -2.31. The molecule has 1 heterocycles. The Hall–Kier alpha value is -0.810. The number of hydrogen-bond acceptors (Lipinski definition) is 4. The largest absolute Gasteiger partial charge is 0.389 e. The lowest BCUT2D eigenvalue weighted by molar-refractivity contribution is 0.0272. The van der Waals surface area contributed by atoms with Gasteiger partial charge in [-0.2, -0.15) is 0 Å². The normalized spacial score (nSPS) is 21.9. The molecule has 0 aromatic carbocycles. The Morgan fingerprint density at radius 3 is 2.70 bits per heavy atom. The van der Waals surface area contributed by atoms with Gasteiger partial charge in [0.05, 0.1) is 5.60 Å². The van der Waals surface area contributed by atoms with Crippen molar-refractivity contribution in [3.05, 3.63) is 18.5 Å². The van der Waals surface area contributed by atoms with Crippen molar-refractivity contribution < 1.29 is 5.11 Å². The molecule has 2 aliphatic rings. The second-order valence-electron chi connectivity index (χ2n) is 6.09. The average molecular weight is 293 g/mol. The Kier molecular flexibility index (Phi) is 4.17. The maximum Gasteiger partial charge on any atom is 0.191 e. The van der Waals surface area contributed by atoms with Crippen LogP contribution in [0, 0.1) is 0 Å². The molecule has 5 heteroatoms. The molecule has 0 amide bonds. The molecule has 1 N–H and O–H groups in total. The van der Waals surface area contributed by atoms with E-state index in [1.165, 1.54) is 19.3 Å². The first-order chi connectivity index (χ1) is 9.72.